The normalized spacial score (nSPS) is 12.6. The number of aliphatic hydroxyl groups is 1. The van der Waals surface area contributed by atoms with Crippen LogP contribution in [0.1, 0.15) is 26.3 Å². The predicted octanol–water partition coefficient (Wildman–Crippen LogP) is 2.41. The van der Waals surface area contributed by atoms with Gasteiger partial charge < -0.3 is 10.4 Å². The van der Waals surface area contributed by atoms with E-state index in [2.05, 4.69) is 5.32 Å². The summed E-state index contributed by atoms with van der Waals surface area (Å²) in [6.07, 6.45) is 0. The molecule has 0 radical (unpaired) electrons. The highest BCUT2D eigenvalue weighted by Crippen LogP contribution is 2.15. The zero-order chi connectivity index (χ0) is 12.1. The second-order valence-corrected chi connectivity index (χ2v) is 4.38. The lowest BCUT2D eigenvalue weighted by atomic mass is 9.97. The first-order valence-electron chi connectivity index (χ1n) is 5.55. The lowest BCUT2D eigenvalue weighted by Gasteiger charge is -2.15. The Bertz CT molecular complexity index is 361. The van der Waals surface area contributed by atoms with Crippen LogP contribution in [0.4, 0.5) is 5.69 Å². The number of aliphatic hydroxyl groups excluding tert-OH is 1. The van der Waals surface area contributed by atoms with Crippen LogP contribution in [-0.4, -0.2) is 11.0 Å². The second-order valence-electron chi connectivity index (χ2n) is 4.38. The minimum atomic E-state index is -0.0159. The van der Waals surface area contributed by atoms with Gasteiger partial charge in [-0.3, -0.25) is 4.79 Å². The molecule has 0 aromatic heterocycles. The Hall–Kier alpha value is -1.35. The minimum absolute atomic E-state index is 0.0105. The Morgan fingerprint density at radius 3 is 2.62 bits per heavy atom. The molecule has 16 heavy (non-hydrogen) atoms. The molecule has 3 nitrogen and oxygen atoms in total. The second kappa shape index (κ2) is 5.66. The predicted molar refractivity (Wildman–Crippen MR) is 65.0 cm³/mol. The SMILES string of the molecule is CC(C)C(C)C(=O)Nc1cccc(CO)c1. The maximum atomic E-state index is 11.8. The maximum Gasteiger partial charge on any atom is 0.227 e. The fourth-order valence-corrected chi connectivity index (χ4v) is 1.31. The van der Waals surface area contributed by atoms with Crippen molar-refractivity contribution in [3.63, 3.8) is 0 Å². The van der Waals surface area contributed by atoms with Crippen LogP contribution < -0.4 is 5.32 Å². The summed E-state index contributed by atoms with van der Waals surface area (Å²) in [5.74, 6) is 0.323. The Labute approximate surface area is 96.5 Å². The Morgan fingerprint density at radius 2 is 2.06 bits per heavy atom. The van der Waals surface area contributed by atoms with Gasteiger partial charge >= 0.3 is 0 Å². The smallest absolute Gasteiger partial charge is 0.227 e. The van der Waals surface area contributed by atoms with Gasteiger partial charge in [-0.1, -0.05) is 32.9 Å². The first kappa shape index (κ1) is 12.7. The van der Waals surface area contributed by atoms with Gasteiger partial charge in [0, 0.05) is 11.6 Å². The van der Waals surface area contributed by atoms with Crippen LogP contribution in [0.15, 0.2) is 24.3 Å². The van der Waals surface area contributed by atoms with E-state index >= 15 is 0 Å². The zero-order valence-electron chi connectivity index (χ0n) is 10.0. The molecule has 1 aromatic carbocycles. The van der Waals surface area contributed by atoms with Gasteiger partial charge in [-0.2, -0.15) is 0 Å². The van der Waals surface area contributed by atoms with Gasteiger partial charge in [-0.25, -0.2) is 0 Å². The molecule has 0 fully saturated rings. The van der Waals surface area contributed by atoms with E-state index in [0.29, 0.717) is 5.92 Å². The molecule has 0 aliphatic heterocycles. The molecule has 1 atom stereocenters. The number of hydrogen-bond donors (Lipinski definition) is 2. The van der Waals surface area contributed by atoms with Crippen molar-refractivity contribution < 1.29 is 9.90 Å². The van der Waals surface area contributed by atoms with Gasteiger partial charge in [0.15, 0.2) is 0 Å². The van der Waals surface area contributed by atoms with E-state index in [-0.39, 0.29) is 18.4 Å². The summed E-state index contributed by atoms with van der Waals surface area (Å²) in [5, 5.41) is 11.8. The number of amides is 1. The first-order chi connectivity index (χ1) is 7.54. The van der Waals surface area contributed by atoms with Crippen LogP contribution >= 0.6 is 0 Å². The molecule has 0 heterocycles. The summed E-state index contributed by atoms with van der Waals surface area (Å²) in [5.41, 5.74) is 1.54. The molecule has 88 valence electrons. The number of rotatable bonds is 4. The first-order valence-corrected chi connectivity index (χ1v) is 5.55. The Kier molecular flexibility index (Phi) is 4.50. The topological polar surface area (TPSA) is 49.3 Å². The van der Waals surface area contributed by atoms with Crippen LogP contribution in [0.2, 0.25) is 0 Å². The highest BCUT2D eigenvalue weighted by molar-refractivity contribution is 5.92. The van der Waals surface area contributed by atoms with Crippen LogP contribution in [0.25, 0.3) is 0 Å². The standard InChI is InChI=1S/C13H19NO2/c1-9(2)10(3)13(16)14-12-6-4-5-11(7-12)8-15/h4-7,9-10,15H,8H2,1-3H3,(H,14,16). The number of nitrogens with one attached hydrogen (secondary N) is 1. The van der Waals surface area contributed by atoms with Crippen LogP contribution in [0.5, 0.6) is 0 Å². The number of carbonyl (C=O) groups excluding carboxylic acids is 1. The van der Waals surface area contributed by atoms with Crippen molar-refractivity contribution in [2.75, 3.05) is 5.32 Å². The van der Waals surface area contributed by atoms with Crippen molar-refractivity contribution in [3.8, 4) is 0 Å². The highest BCUT2D eigenvalue weighted by atomic mass is 16.3. The van der Waals surface area contributed by atoms with Crippen LogP contribution in [-0.2, 0) is 11.4 Å². The molecule has 1 aromatic rings. The molecule has 0 bridgehead atoms. The third kappa shape index (κ3) is 3.35. The largest absolute Gasteiger partial charge is 0.392 e. The molecule has 0 aliphatic carbocycles. The Morgan fingerprint density at radius 1 is 1.38 bits per heavy atom. The minimum Gasteiger partial charge on any atom is -0.392 e. The number of carbonyl (C=O) groups is 1. The van der Waals surface area contributed by atoms with E-state index in [1.807, 2.05) is 39.0 Å². The molecule has 1 amide bonds. The van der Waals surface area contributed by atoms with Crippen molar-refractivity contribution >= 4 is 11.6 Å². The lowest BCUT2D eigenvalue weighted by Crippen LogP contribution is -2.24. The third-order valence-corrected chi connectivity index (χ3v) is 2.79. The fourth-order valence-electron chi connectivity index (χ4n) is 1.31. The van der Waals surface area contributed by atoms with Crippen molar-refractivity contribution in [2.45, 2.75) is 27.4 Å². The molecule has 0 spiro atoms. The van der Waals surface area contributed by atoms with Gasteiger partial charge in [-0.05, 0) is 23.6 Å². The Balaban J connectivity index is 2.69. The average molecular weight is 221 g/mol. The highest BCUT2D eigenvalue weighted by Gasteiger charge is 2.16. The summed E-state index contributed by atoms with van der Waals surface area (Å²) in [4.78, 5) is 11.8. The molecule has 1 unspecified atom stereocenters. The van der Waals surface area contributed by atoms with Crippen LogP contribution in [0, 0.1) is 11.8 Å². The number of benzene rings is 1. The van der Waals surface area contributed by atoms with E-state index in [1.165, 1.54) is 0 Å². The molecule has 0 saturated carbocycles. The zero-order valence-corrected chi connectivity index (χ0v) is 10.0. The van der Waals surface area contributed by atoms with E-state index in [0.717, 1.165) is 11.3 Å². The van der Waals surface area contributed by atoms with E-state index < -0.39 is 0 Å². The van der Waals surface area contributed by atoms with Crippen molar-refractivity contribution in [2.24, 2.45) is 11.8 Å². The summed E-state index contributed by atoms with van der Waals surface area (Å²) in [6, 6.07) is 7.25. The molecular weight excluding hydrogens is 202 g/mol. The monoisotopic (exact) mass is 221 g/mol. The average Bonchev–Trinajstić information content (AvgIpc) is 2.28. The number of hydrogen-bond acceptors (Lipinski definition) is 2. The van der Waals surface area contributed by atoms with Gasteiger partial charge in [-0.15, -0.1) is 0 Å². The molecule has 1 rings (SSSR count). The van der Waals surface area contributed by atoms with Gasteiger partial charge in [0.05, 0.1) is 6.61 Å². The molecule has 0 aliphatic rings. The van der Waals surface area contributed by atoms with Gasteiger partial charge in [0.25, 0.3) is 0 Å². The van der Waals surface area contributed by atoms with Crippen molar-refractivity contribution in [3.05, 3.63) is 29.8 Å². The summed E-state index contributed by atoms with van der Waals surface area (Å²) in [6.45, 7) is 5.95. The molecule has 0 saturated heterocycles. The lowest BCUT2D eigenvalue weighted by molar-refractivity contribution is -0.120. The van der Waals surface area contributed by atoms with E-state index in [1.54, 1.807) is 6.07 Å². The van der Waals surface area contributed by atoms with Gasteiger partial charge in [0.1, 0.15) is 0 Å². The summed E-state index contributed by atoms with van der Waals surface area (Å²) < 4.78 is 0. The molecular formula is C13H19NO2. The molecule has 3 heteroatoms. The molecule has 2 N–H and O–H groups in total. The summed E-state index contributed by atoms with van der Waals surface area (Å²) in [7, 11) is 0. The number of anilines is 1. The quantitative estimate of drug-likeness (QED) is 0.820. The summed E-state index contributed by atoms with van der Waals surface area (Å²) >= 11 is 0. The van der Waals surface area contributed by atoms with E-state index in [9.17, 15) is 4.79 Å². The third-order valence-electron chi connectivity index (χ3n) is 2.79. The van der Waals surface area contributed by atoms with E-state index in [4.69, 9.17) is 5.11 Å². The van der Waals surface area contributed by atoms with Gasteiger partial charge in [0.2, 0.25) is 5.91 Å². The van der Waals surface area contributed by atoms with Crippen molar-refractivity contribution in [1.82, 2.24) is 0 Å². The van der Waals surface area contributed by atoms with Crippen LogP contribution in [0.3, 0.4) is 0 Å². The van der Waals surface area contributed by atoms with Crippen molar-refractivity contribution in [1.29, 1.82) is 0 Å². The fraction of sp³-hybridized carbons (Fsp3) is 0.462. The maximum absolute atomic E-state index is 11.8.